The van der Waals surface area contributed by atoms with Gasteiger partial charge in [0.25, 0.3) is 0 Å². The van der Waals surface area contributed by atoms with Crippen molar-refractivity contribution >= 4 is 10.7 Å². The number of rotatable bonds is 3. The number of aryl methyl sites for hydroxylation is 1. The predicted octanol–water partition coefficient (Wildman–Crippen LogP) is 3.19. The lowest BCUT2D eigenvalue weighted by Gasteiger charge is -2.05. The maximum Gasteiger partial charge on any atom is 0.223 e. The molecule has 1 atom stereocenters. The first-order valence-corrected chi connectivity index (χ1v) is 8.77. The predicted molar refractivity (Wildman–Crippen MR) is 92.2 cm³/mol. The van der Waals surface area contributed by atoms with Crippen molar-refractivity contribution in [1.29, 1.82) is 10.0 Å². The first-order valence-electron chi connectivity index (χ1n) is 7.14. The monoisotopic (exact) mass is 337 g/mol. The summed E-state index contributed by atoms with van der Waals surface area (Å²) in [6.07, 6.45) is 3.43. The Bertz CT molecular complexity index is 952. The largest absolute Gasteiger partial charge is 0.493 e. The maximum absolute atomic E-state index is 10.6. The topological polar surface area (TPSA) is 98.6 Å². The number of nitrogens with zero attached hydrogens (tertiary/aromatic N) is 4. The summed E-state index contributed by atoms with van der Waals surface area (Å²) in [5, 5.41) is 23.8. The molecule has 2 heterocycles. The molecule has 2 aromatic heterocycles. The van der Waals surface area contributed by atoms with Gasteiger partial charge in [-0.25, -0.2) is 4.98 Å². The fourth-order valence-electron chi connectivity index (χ4n) is 2.40. The zero-order chi connectivity index (χ0) is 17.3. The molecule has 7 heteroatoms. The summed E-state index contributed by atoms with van der Waals surface area (Å²) >= 11 is 0. The van der Waals surface area contributed by atoms with Crippen molar-refractivity contribution in [1.82, 2.24) is 14.8 Å². The standard InChI is InChI=1S/C17H15N5OS/c1-11-16(13-5-3-12(9-18)4-6-13)17(23)22(21-11)15-8-7-14(10-20-15)24(2)19/h3-8,10,19,23H,1-2H3/t24-/m0/s1. The molecule has 6 nitrogen and oxygen atoms in total. The third kappa shape index (κ3) is 2.79. The molecule has 0 amide bonds. The highest BCUT2D eigenvalue weighted by molar-refractivity contribution is 7.85. The van der Waals surface area contributed by atoms with Gasteiger partial charge in [0.2, 0.25) is 5.88 Å². The van der Waals surface area contributed by atoms with Gasteiger partial charge in [-0.1, -0.05) is 22.8 Å². The number of nitriles is 1. The summed E-state index contributed by atoms with van der Waals surface area (Å²) in [4.78, 5) is 5.12. The van der Waals surface area contributed by atoms with Crippen molar-refractivity contribution in [3.8, 4) is 28.9 Å². The van der Waals surface area contributed by atoms with Crippen molar-refractivity contribution in [2.75, 3.05) is 6.26 Å². The highest BCUT2D eigenvalue weighted by Crippen LogP contribution is 2.33. The van der Waals surface area contributed by atoms with Crippen molar-refractivity contribution in [3.63, 3.8) is 0 Å². The van der Waals surface area contributed by atoms with Crippen LogP contribution in [0, 0.1) is 23.0 Å². The Morgan fingerprint density at radius 2 is 1.92 bits per heavy atom. The van der Waals surface area contributed by atoms with Crippen LogP contribution in [0.1, 0.15) is 11.3 Å². The second-order valence-corrected chi connectivity index (χ2v) is 6.74. The molecular weight excluding hydrogens is 322 g/mol. The maximum atomic E-state index is 10.6. The molecule has 0 bridgehead atoms. The van der Waals surface area contributed by atoms with E-state index in [1.54, 1.807) is 42.8 Å². The van der Waals surface area contributed by atoms with Crippen molar-refractivity contribution in [2.24, 2.45) is 0 Å². The molecule has 0 saturated heterocycles. The van der Waals surface area contributed by atoms with Gasteiger partial charge in [0.15, 0.2) is 5.82 Å². The van der Waals surface area contributed by atoms with Gasteiger partial charge in [-0.05, 0) is 43.0 Å². The number of hydrogen-bond donors (Lipinski definition) is 2. The summed E-state index contributed by atoms with van der Waals surface area (Å²) in [5.74, 6) is 0.489. The van der Waals surface area contributed by atoms with E-state index >= 15 is 0 Å². The smallest absolute Gasteiger partial charge is 0.223 e. The Morgan fingerprint density at radius 3 is 2.46 bits per heavy atom. The van der Waals surface area contributed by atoms with Crippen LogP contribution in [0.5, 0.6) is 5.88 Å². The van der Waals surface area contributed by atoms with Crippen LogP contribution in [-0.2, 0) is 10.7 Å². The van der Waals surface area contributed by atoms with Gasteiger partial charge in [0.05, 0.1) is 22.9 Å². The van der Waals surface area contributed by atoms with Crippen LogP contribution < -0.4 is 0 Å². The summed E-state index contributed by atoms with van der Waals surface area (Å²) in [5.41, 5.74) is 2.62. The Labute approximate surface area is 141 Å². The van der Waals surface area contributed by atoms with Gasteiger partial charge < -0.3 is 5.11 Å². The number of benzene rings is 1. The van der Waals surface area contributed by atoms with Gasteiger partial charge in [-0.2, -0.15) is 15.0 Å². The Kier molecular flexibility index (Phi) is 4.15. The van der Waals surface area contributed by atoms with Crippen LogP contribution >= 0.6 is 0 Å². The lowest BCUT2D eigenvalue weighted by Crippen LogP contribution is -2.00. The SMILES string of the molecule is Cc1nn(-c2ccc([S@](C)=N)cn2)c(O)c1-c1ccc(C#N)cc1. The second-order valence-electron chi connectivity index (χ2n) is 5.25. The van der Waals surface area contributed by atoms with Crippen LogP contribution in [0.15, 0.2) is 47.5 Å². The first kappa shape index (κ1) is 15.9. The van der Waals surface area contributed by atoms with Crippen LogP contribution in [-0.4, -0.2) is 26.1 Å². The molecule has 0 aliphatic heterocycles. The highest BCUT2D eigenvalue weighted by Gasteiger charge is 2.18. The first-order chi connectivity index (χ1) is 11.5. The van der Waals surface area contributed by atoms with E-state index in [9.17, 15) is 5.11 Å². The quantitative estimate of drug-likeness (QED) is 0.766. The molecule has 120 valence electrons. The molecule has 3 aromatic rings. The molecule has 0 aliphatic rings. The molecule has 0 saturated carbocycles. The van der Waals surface area contributed by atoms with E-state index in [0.717, 1.165) is 10.5 Å². The van der Waals surface area contributed by atoms with E-state index < -0.39 is 10.7 Å². The zero-order valence-corrected chi connectivity index (χ0v) is 14.0. The molecule has 3 rings (SSSR count). The number of hydrogen-bond acceptors (Lipinski definition) is 5. The van der Waals surface area contributed by atoms with E-state index in [4.69, 9.17) is 10.0 Å². The van der Waals surface area contributed by atoms with Crippen LogP contribution in [0.4, 0.5) is 0 Å². The van der Waals surface area contributed by atoms with E-state index in [-0.39, 0.29) is 5.88 Å². The normalized spacial score (nSPS) is 11.9. The lowest BCUT2D eigenvalue weighted by atomic mass is 10.0. The Morgan fingerprint density at radius 1 is 1.21 bits per heavy atom. The van der Waals surface area contributed by atoms with Crippen molar-refractivity contribution < 1.29 is 5.11 Å². The van der Waals surface area contributed by atoms with Gasteiger partial charge in [-0.15, -0.1) is 0 Å². The number of aromatic hydroxyl groups is 1. The van der Waals surface area contributed by atoms with Crippen LogP contribution in [0.25, 0.3) is 16.9 Å². The summed E-state index contributed by atoms with van der Waals surface area (Å²) in [6.45, 7) is 1.81. The third-order valence-corrected chi connectivity index (χ3v) is 4.58. The molecule has 0 spiro atoms. The molecule has 2 N–H and O–H groups in total. The molecule has 0 unspecified atom stereocenters. The van der Waals surface area contributed by atoms with Crippen LogP contribution in [0.2, 0.25) is 0 Å². The van der Waals surface area contributed by atoms with E-state index in [2.05, 4.69) is 16.2 Å². The van der Waals surface area contributed by atoms with Crippen molar-refractivity contribution in [2.45, 2.75) is 11.8 Å². The molecule has 0 fully saturated rings. The number of pyridine rings is 1. The van der Waals surface area contributed by atoms with Gasteiger partial charge in [0, 0.05) is 11.1 Å². The minimum absolute atomic E-state index is 0.00108. The van der Waals surface area contributed by atoms with Crippen LogP contribution in [0.3, 0.4) is 0 Å². The molecule has 0 radical (unpaired) electrons. The number of aromatic nitrogens is 3. The minimum atomic E-state index is -0.612. The minimum Gasteiger partial charge on any atom is -0.493 e. The highest BCUT2D eigenvalue weighted by atomic mass is 32.2. The average Bonchev–Trinajstić information content (AvgIpc) is 2.89. The Hall–Kier alpha value is -2.98. The Balaban J connectivity index is 2.05. The van der Waals surface area contributed by atoms with Gasteiger partial charge in [0.1, 0.15) is 0 Å². The summed E-state index contributed by atoms with van der Waals surface area (Å²) < 4.78 is 9.09. The van der Waals surface area contributed by atoms with E-state index in [1.165, 1.54) is 4.68 Å². The summed E-state index contributed by atoms with van der Waals surface area (Å²) in [7, 11) is -0.612. The molecule has 24 heavy (non-hydrogen) atoms. The molecule has 1 aromatic carbocycles. The molecule has 0 aliphatic carbocycles. The molecular formula is C17H15N5OS. The second kappa shape index (κ2) is 6.26. The van der Waals surface area contributed by atoms with E-state index in [1.807, 2.05) is 13.0 Å². The fourth-order valence-corrected chi connectivity index (χ4v) is 2.89. The van der Waals surface area contributed by atoms with E-state index in [0.29, 0.717) is 22.6 Å². The summed E-state index contributed by atoms with van der Waals surface area (Å²) in [6, 6.07) is 12.6. The van der Waals surface area contributed by atoms with Gasteiger partial charge in [-0.3, -0.25) is 4.78 Å². The third-order valence-electron chi connectivity index (χ3n) is 3.63. The van der Waals surface area contributed by atoms with Gasteiger partial charge >= 0.3 is 0 Å². The zero-order valence-electron chi connectivity index (χ0n) is 13.2. The average molecular weight is 337 g/mol. The lowest BCUT2D eigenvalue weighted by molar-refractivity contribution is 0.433. The fraction of sp³-hybridized carbons (Fsp3) is 0.118. The van der Waals surface area contributed by atoms with Crippen molar-refractivity contribution in [3.05, 3.63) is 53.9 Å². The number of nitrogens with one attached hydrogen (secondary N) is 1.